The number of likely N-dealkylation sites (N-methyl/N-ethyl adjacent to an activating group) is 1. The number of hydrogen-bond donors (Lipinski definition) is 5. The number of nitrogens with zero attached hydrogens (tertiary/aromatic N) is 2. The number of hydrogen-bond acceptors (Lipinski definition) is 9. The molecule has 6 N–H and O–H groups in total. The van der Waals surface area contributed by atoms with E-state index in [1.807, 2.05) is 6.07 Å². The molecule has 0 aliphatic heterocycles. The predicted molar refractivity (Wildman–Crippen MR) is 108 cm³/mol. The summed E-state index contributed by atoms with van der Waals surface area (Å²) in [5.41, 5.74) is 2.83. The van der Waals surface area contributed by atoms with Crippen LogP contribution in [0.1, 0.15) is 27.9 Å². The second kappa shape index (κ2) is 7.13. The molecule has 3 aliphatic rings. The summed E-state index contributed by atoms with van der Waals surface area (Å²) < 4.78 is 0. The van der Waals surface area contributed by atoms with Gasteiger partial charge in [-0.05, 0) is 50.6 Å². The fourth-order valence-corrected chi connectivity index (χ4v) is 5.71. The number of benzene rings is 1. The van der Waals surface area contributed by atoms with Crippen molar-refractivity contribution < 1.29 is 34.8 Å². The second-order valence-electron chi connectivity index (χ2n) is 8.89. The molecule has 0 spiro atoms. The van der Waals surface area contributed by atoms with E-state index in [9.17, 15) is 40.1 Å². The molecule has 0 saturated heterocycles. The lowest BCUT2D eigenvalue weighted by molar-refractivity contribution is -0.178. The number of rotatable bonds is 2. The van der Waals surface area contributed by atoms with E-state index in [0.717, 1.165) is 0 Å². The van der Waals surface area contributed by atoms with Crippen LogP contribution in [-0.2, 0) is 16.0 Å². The molecule has 1 amide bonds. The van der Waals surface area contributed by atoms with Crippen molar-refractivity contribution in [2.24, 2.45) is 23.5 Å². The minimum atomic E-state index is -2.62. The number of amides is 1. The zero-order valence-corrected chi connectivity index (χ0v) is 17.4. The van der Waals surface area contributed by atoms with Crippen LogP contribution in [0.2, 0.25) is 0 Å². The van der Waals surface area contributed by atoms with Crippen molar-refractivity contribution in [2.45, 2.75) is 30.6 Å². The number of phenols is 1. The number of primary amides is 1. The number of Topliss-reactive ketones (excluding diaryl/α,β-unsaturated/α-hetero) is 2. The summed E-state index contributed by atoms with van der Waals surface area (Å²) in [5, 5.41) is 53.1. The van der Waals surface area contributed by atoms with Gasteiger partial charge in [-0.15, -0.1) is 0 Å². The van der Waals surface area contributed by atoms with Crippen LogP contribution in [0, 0.1) is 29.1 Å². The van der Waals surface area contributed by atoms with Gasteiger partial charge in [0.1, 0.15) is 17.4 Å². The van der Waals surface area contributed by atoms with Crippen LogP contribution in [0.4, 0.5) is 0 Å². The highest BCUT2D eigenvalue weighted by molar-refractivity contribution is 6.15. The highest BCUT2D eigenvalue weighted by atomic mass is 16.3. The SMILES string of the molecule is CN(C)[C@H]1C(O)C(C(N)=O)C(=O)[C@@]2(O)C(O)=C3C(=O)c4c(O)ccc(C#N)c4C[C@H]3C[C@@H]12. The maximum atomic E-state index is 13.3. The summed E-state index contributed by atoms with van der Waals surface area (Å²) >= 11 is 0. The number of aromatic hydroxyl groups is 1. The second-order valence-corrected chi connectivity index (χ2v) is 8.89. The third kappa shape index (κ3) is 2.65. The lowest BCUT2D eigenvalue weighted by Gasteiger charge is -2.53. The molecule has 1 saturated carbocycles. The van der Waals surface area contributed by atoms with Gasteiger partial charge in [-0.25, -0.2) is 0 Å². The largest absolute Gasteiger partial charge is 0.508 e. The fourth-order valence-electron chi connectivity index (χ4n) is 5.71. The van der Waals surface area contributed by atoms with Crippen LogP contribution in [0.25, 0.3) is 0 Å². The number of phenolic OH excluding ortho intramolecular Hbond substituents is 1. The van der Waals surface area contributed by atoms with Crippen LogP contribution in [0.15, 0.2) is 23.5 Å². The van der Waals surface area contributed by atoms with Gasteiger partial charge in [0.15, 0.2) is 17.2 Å². The Morgan fingerprint density at radius 1 is 1.28 bits per heavy atom. The fraction of sp³-hybridized carbons (Fsp3) is 0.455. The van der Waals surface area contributed by atoms with E-state index in [1.54, 1.807) is 14.1 Å². The number of ketones is 2. The van der Waals surface area contributed by atoms with Gasteiger partial charge in [0.05, 0.1) is 23.3 Å². The number of aliphatic hydroxyl groups is 3. The summed E-state index contributed by atoms with van der Waals surface area (Å²) in [6.45, 7) is 0. The van der Waals surface area contributed by atoms with Gasteiger partial charge in [-0.2, -0.15) is 5.26 Å². The Hall–Kier alpha value is -3.26. The third-order valence-corrected chi connectivity index (χ3v) is 7.10. The van der Waals surface area contributed by atoms with E-state index in [2.05, 4.69) is 0 Å². The minimum absolute atomic E-state index is 0.0126. The zero-order chi connectivity index (χ0) is 23.7. The Morgan fingerprint density at radius 2 is 1.94 bits per heavy atom. The lowest BCUT2D eigenvalue weighted by Crippen LogP contribution is -2.71. The topological polar surface area (TPSA) is 185 Å². The first-order chi connectivity index (χ1) is 15.0. The molecular weight excluding hydrogens is 418 g/mol. The number of fused-ring (bicyclic) bond motifs is 3. The van der Waals surface area contributed by atoms with Crippen LogP contribution >= 0.6 is 0 Å². The van der Waals surface area contributed by atoms with Crippen molar-refractivity contribution in [2.75, 3.05) is 14.1 Å². The maximum Gasteiger partial charge on any atom is 0.230 e. The first-order valence-electron chi connectivity index (χ1n) is 10.1. The summed E-state index contributed by atoms with van der Waals surface area (Å²) in [5.74, 6) is -7.92. The van der Waals surface area contributed by atoms with Crippen molar-refractivity contribution in [1.29, 1.82) is 5.26 Å². The van der Waals surface area contributed by atoms with Crippen molar-refractivity contribution in [3.05, 3.63) is 40.2 Å². The molecule has 10 heteroatoms. The third-order valence-electron chi connectivity index (χ3n) is 7.10. The molecule has 1 fully saturated rings. The highest BCUT2D eigenvalue weighted by Crippen LogP contribution is 2.52. The quantitative estimate of drug-likeness (QED) is 0.365. The Labute approximate surface area is 183 Å². The first kappa shape index (κ1) is 22.0. The van der Waals surface area contributed by atoms with Gasteiger partial charge < -0.3 is 31.1 Å². The van der Waals surface area contributed by atoms with Gasteiger partial charge >= 0.3 is 0 Å². The molecule has 2 unspecified atom stereocenters. The van der Waals surface area contributed by atoms with Crippen LogP contribution in [0.5, 0.6) is 5.75 Å². The van der Waals surface area contributed by atoms with Crippen LogP contribution < -0.4 is 5.73 Å². The molecule has 0 aromatic heterocycles. The van der Waals surface area contributed by atoms with E-state index in [-0.39, 0.29) is 35.3 Å². The number of allylic oxidation sites excluding steroid dienone is 1. The Bertz CT molecular complexity index is 1140. The van der Waals surface area contributed by atoms with E-state index in [1.165, 1.54) is 17.0 Å². The minimum Gasteiger partial charge on any atom is -0.508 e. The van der Waals surface area contributed by atoms with Gasteiger partial charge in [-0.3, -0.25) is 14.4 Å². The number of nitrogens with two attached hydrogens (primary N) is 1. The summed E-state index contributed by atoms with van der Waals surface area (Å²) in [6.07, 6.45) is -1.41. The number of aliphatic hydroxyl groups excluding tert-OH is 2. The Balaban J connectivity index is 1.96. The average molecular weight is 441 g/mol. The number of nitriles is 1. The number of carbonyl (C=O) groups is 3. The van der Waals surface area contributed by atoms with E-state index >= 15 is 0 Å². The van der Waals surface area contributed by atoms with Crippen molar-refractivity contribution in [3.8, 4) is 11.8 Å². The van der Waals surface area contributed by atoms with E-state index in [4.69, 9.17) is 5.73 Å². The highest BCUT2D eigenvalue weighted by Gasteiger charge is 2.66. The molecular formula is C22H23N3O7. The number of carbonyl (C=O) groups excluding carboxylic acids is 3. The van der Waals surface area contributed by atoms with Crippen LogP contribution in [0.3, 0.4) is 0 Å². The lowest BCUT2D eigenvalue weighted by atomic mass is 9.56. The van der Waals surface area contributed by atoms with Gasteiger partial charge in [0.25, 0.3) is 0 Å². The normalized spacial score (nSPS) is 33.9. The molecule has 0 heterocycles. The van der Waals surface area contributed by atoms with E-state index < -0.39 is 58.7 Å². The average Bonchev–Trinajstić information content (AvgIpc) is 2.70. The molecule has 32 heavy (non-hydrogen) atoms. The van der Waals surface area contributed by atoms with Gasteiger partial charge in [-0.1, -0.05) is 0 Å². The molecule has 1 aromatic rings. The van der Waals surface area contributed by atoms with Gasteiger partial charge in [0.2, 0.25) is 5.91 Å². The monoisotopic (exact) mass is 441 g/mol. The van der Waals surface area contributed by atoms with Crippen molar-refractivity contribution >= 4 is 17.5 Å². The smallest absolute Gasteiger partial charge is 0.230 e. The molecule has 4 rings (SSSR count). The summed E-state index contributed by atoms with van der Waals surface area (Å²) in [6, 6.07) is 3.64. The van der Waals surface area contributed by atoms with E-state index in [0.29, 0.717) is 5.56 Å². The molecule has 0 bridgehead atoms. The van der Waals surface area contributed by atoms with Crippen molar-refractivity contribution in [1.82, 2.24) is 4.90 Å². The maximum absolute atomic E-state index is 13.3. The summed E-state index contributed by atoms with van der Waals surface area (Å²) in [4.78, 5) is 40.0. The predicted octanol–water partition coefficient (Wildman–Crippen LogP) is -0.843. The van der Waals surface area contributed by atoms with Crippen molar-refractivity contribution in [3.63, 3.8) is 0 Å². The standard InChI is InChI=1S/C22H23N3O7/c1-25(2)16-11-6-9-5-10-8(7-23)3-4-12(26)14(10)17(27)13(9)19(29)22(11,32)20(30)15(18(16)28)21(24)31/h3-4,9,11,15-16,18,26,28-29,32H,5-6H2,1-2H3,(H2,24,31)/t9-,11-,15?,16+,18?,22-/m0/s1. The summed E-state index contributed by atoms with van der Waals surface area (Å²) in [7, 11) is 3.18. The Kier molecular flexibility index (Phi) is 4.89. The van der Waals surface area contributed by atoms with Crippen LogP contribution in [-0.4, -0.2) is 74.6 Å². The molecule has 1 aromatic carbocycles. The zero-order valence-electron chi connectivity index (χ0n) is 17.4. The Morgan fingerprint density at radius 3 is 2.50 bits per heavy atom. The molecule has 3 aliphatic carbocycles. The van der Waals surface area contributed by atoms with Gasteiger partial charge in [0, 0.05) is 17.5 Å². The first-order valence-corrected chi connectivity index (χ1v) is 10.1. The molecule has 10 nitrogen and oxygen atoms in total. The molecule has 6 atom stereocenters. The molecule has 168 valence electrons. The molecule has 0 radical (unpaired) electrons.